The third kappa shape index (κ3) is 4.58. The molecule has 1 amide bonds. The summed E-state index contributed by atoms with van der Waals surface area (Å²) >= 11 is 0. The van der Waals surface area contributed by atoms with Crippen molar-refractivity contribution >= 4 is 23.0 Å². The molecular weight excluding hydrogens is 336 g/mol. The summed E-state index contributed by atoms with van der Waals surface area (Å²) in [7, 11) is 0. The van der Waals surface area contributed by atoms with Gasteiger partial charge in [0.1, 0.15) is 23.1 Å². The number of para-hydroxylation sites is 4. The van der Waals surface area contributed by atoms with E-state index in [2.05, 4.69) is 10.6 Å². The molecule has 0 aliphatic heterocycles. The van der Waals surface area contributed by atoms with Gasteiger partial charge in [0.2, 0.25) is 0 Å². The zero-order valence-corrected chi connectivity index (χ0v) is 13.9. The average molecular weight is 352 g/mol. The maximum absolute atomic E-state index is 12.3. The fourth-order valence-electron chi connectivity index (χ4n) is 2.09. The van der Waals surface area contributed by atoms with E-state index in [1.807, 2.05) is 6.92 Å². The van der Waals surface area contributed by atoms with Crippen LogP contribution >= 0.6 is 0 Å². The first-order valence-corrected chi connectivity index (χ1v) is 7.70. The van der Waals surface area contributed by atoms with Crippen molar-refractivity contribution in [3.8, 4) is 11.8 Å². The van der Waals surface area contributed by atoms with Crippen LogP contribution < -0.4 is 15.4 Å². The van der Waals surface area contributed by atoms with E-state index in [0.717, 1.165) is 0 Å². The van der Waals surface area contributed by atoms with Gasteiger partial charge in [0, 0.05) is 12.3 Å². The molecule has 0 fully saturated rings. The lowest BCUT2D eigenvalue weighted by Crippen LogP contribution is -2.15. The van der Waals surface area contributed by atoms with Gasteiger partial charge in [0.15, 0.2) is 0 Å². The Bertz CT molecular complexity index is 887. The van der Waals surface area contributed by atoms with Crippen LogP contribution in [0.1, 0.15) is 6.92 Å². The summed E-state index contributed by atoms with van der Waals surface area (Å²) in [6, 6.07) is 14.5. The van der Waals surface area contributed by atoms with Crippen LogP contribution in [0.2, 0.25) is 0 Å². The van der Waals surface area contributed by atoms with Gasteiger partial charge in [0.05, 0.1) is 17.2 Å². The van der Waals surface area contributed by atoms with Crippen LogP contribution in [-0.2, 0) is 4.79 Å². The summed E-state index contributed by atoms with van der Waals surface area (Å²) in [6.07, 6.45) is 1.22. The summed E-state index contributed by atoms with van der Waals surface area (Å²) in [4.78, 5) is 22.6. The standard InChI is InChI=1S/C18H16N4O4/c1-2-26-17-10-6-4-8-15(17)20-12-13(11-19)18(23)21-14-7-3-5-9-16(14)22(24)25/h3-10,12,20H,2H2,1H3,(H,21,23)/b13-12-. The molecule has 2 rings (SSSR count). The number of nitrogens with one attached hydrogen (secondary N) is 2. The van der Waals surface area contributed by atoms with Gasteiger partial charge in [-0.25, -0.2) is 0 Å². The van der Waals surface area contributed by atoms with Gasteiger partial charge in [-0.05, 0) is 25.1 Å². The Morgan fingerprint density at radius 3 is 2.54 bits per heavy atom. The molecule has 0 bridgehead atoms. The normalized spacial score (nSPS) is 10.5. The molecule has 0 atom stereocenters. The van der Waals surface area contributed by atoms with E-state index in [1.165, 1.54) is 24.4 Å². The van der Waals surface area contributed by atoms with E-state index >= 15 is 0 Å². The number of carbonyl (C=O) groups excluding carboxylic acids is 1. The molecule has 0 aliphatic carbocycles. The summed E-state index contributed by atoms with van der Waals surface area (Å²) in [5, 5.41) is 25.4. The van der Waals surface area contributed by atoms with Crippen molar-refractivity contribution in [3.63, 3.8) is 0 Å². The lowest BCUT2D eigenvalue weighted by atomic mass is 10.2. The average Bonchev–Trinajstić information content (AvgIpc) is 2.64. The quantitative estimate of drug-likeness (QED) is 0.341. The van der Waals surface area contributed by atoms with E-state index in [-0.39, 0.29) is 16.9 Å². The first kappa shape index (κ1) is 18.5. The largest absolute Gasteiger partial charge is 0.492 e. The molecule has 0 unspecified atom stereocenters. The van der Waals surface area contributed by atoms with Crippen molar-refractivity contribution < 1.29 is 14.5 Å². The Labute approximate surface area is 149 Å². The number of nitro benzene ring substituents is 1. The van der Waals surface area contributed by atoms with Gasteiger partial charge in [-0.2, -0.15) is 5.26 Å². The molecule has 8 heteroatoms. The summed E-state index contributed by atoms with van der Waals surface area (Å²) < 4.78 is 5.45. The third-order valence-corrected chi connectivity index (χ3v) is 3.27. The molecule has 0 aromatic heterocycles. The van der Waals surface area contributed by atoms with Crippen LogP contribution in [-0.4, -0.2) is 17.4 Å². The number of hydrogen-bond donors (Lipinski definition) is 2. The Hall–Kier alpha value is -3.86. The number of anilines is 2. The van der Waals surface area contributed by atoms with Crippen molar-refractivity contribution in [3.05, 3.63) is 70.4 Å². The lowest BCUT2D eigenvalue weighted by molar-refractivity contribution is -0.383. The number of nitriles is 1. The maximum Gasteiger partial charge on any atom is 0.292 e. The molecule has 2 aromatic carbocycles. The minimum atomic E-state index is -0.761. The highest BCUT2D eigenvalue weighted by molar-refractivity contribution is 6.07. The van der Waals surface area contributed by atoms with Crippen molar-refractivity contribution in [2.75, 3.05) is 17.2 Å². The van der Waals surface area contributed by atoms with Crippen LogP contribution in [0, 0.1) is 21.4 Å². The second kappa shape index (κ2) is 8.84. The van der Waals surface area contributed by atoms with Gasteiger partial charge in [-0.15, -0.1) is 0 Å². The number of ether oxygens (including phenoxy) is 1. The maximum atomic E-state index is 12.3. The van der Waals surface area contributed by atoms with E-state index in [0.29, 0.717) is 18.0 Å². The molecule has 132 valence electrons. The molecule has 0 radical (unpaired) electrons. The van der Waals surface area contributed by atoms with Gasteiger partial charge in [-0.3, -0.25) is 14.9 Å². The van der Waals surface area contributed by atoms with E-state index in [9.17, 15) is 20.2 Å². The minimum absolute atomic E-state index is 0.0124. The molecule has 26 heavy (non-hydrogen) atoms. The smallest absolute Gasteiger partial charge is 0.292 e. The van der Waals surface area contributed by atoms with Crippen LogP contribution in [0.5, 0.6) is 5.75 Å². The minimum Gasteiger partial charge on any atom is -0.492 e. The summed E-state index contributed by atoms with van der Waals surface area (Å²) in [6.45, 7) is 2.30. The monoisotopic (exact) mass is 352 g/mol. The highest BCUT2D eigenvalue weighted by Crippen LogP contribution is 2.25. The van der Waals surface area contributed by atoms with Gasteiger partial charge in [0.25, 0.3) is 11.6 Å². The van der Waals surface area contributed by atoms with E-state index in [1.54, 1.807) is 36.4 Å². The topological polar surface area (TPSA) is 117 Å². The first-order chi connectivity index (χ1) is 12.6. The zero-order chi connectivity index (χ0) is 18.9. The fraction of sp³-hybridized carbons (Fsp3) is 0.111. The van der Waals surface area contributed by atoms with Crippen LogP contribution in [0.15, 0.2) is 60.3 Å². The van der Waals surface area contributed by atoms with Crippen LogP contribution in [0.25, 0.3) is 0 Å². The predicted molar refractivity (Wildman–Crippen MR) is 96.7 cm³/mol. The Morgan fingerprint density at radius 1 is 1.23 bits per heavy atom. The number of benzene rings is 2. The zero-order valence-electron chi connectivity index (χ0n) is 13.9. The van der Waals surface area contributed by atoms with Gasteiger partial charge in [-0.1, -0.05) is 24.3 Å². The van der Waals surface area contributed by atoms with Crippen molar-refractivity contribution in [2.45, 2.75) is 6.92 Å². The Kier molecular flexibility index (Phi) is 6.28. The van der Waals surface area contributed by atoms with Crippen LogP contribution in [0.4, 0.5) is 17.1 Å². The van der Waals surface area contributed by atoms with Crippen LogP contribution in [0.3, 0.4) is 0 Å². The Morgan fingerprint density at radius 2 is 1.88 bits per heavy atom. The van der Waals surface area contributed by atoms with E-state index in [4.69, 9.17) is 4.74 Å². The third-order valence-electron chi connectivity index (χ3n) is 3.27. The first-order valence-electron chi connectivity index (χ1n) is 7.70. The molecule has 2 aromatic rings. The number of carbonyl (C=O) groups is 1. The predicted octanol–water partition coefficient (Wildman–Crippen LogP) is 3.45. The number of nitrogens with zero attached hydrogens (tertiary/aromatic N) is 2. The van der Waals surface area contributed by atoms with Gasteiger partial charge < -0.3 is 15.4 Å². The molecule has 0 heterocycles. The highest BCUT2D eigenvalue weighted by atomic mass is 16.6. The Balaban J connectivity index is 2.18. The molecule has 0 saturated carbocycles. The number of rotatable bonds is 7. The molecule has 0 aliphatic rings. The molecule has 8 nitrogen and oxygen atoms in total. The second-order valence-corrected chi connectivity index (χ2v) is 4.97. The summed E-state index contributed by atoms with van der Waals surface area (Å²) in [5.41, 5.74) is 0.0983. The van der Waals surface area contributed by atoms with Crippen molar-refractivity contribution in [1.29, 1.82) is 5.26 Å². The lowest BCUT2D eigenvalue weighted by Gasteiger charge is -2.10. The van der Waals surface area contributed by atoms with Crippen molar-refractivity contribution in [2.24, 2.45) is 0 Å². The second-order valence-electron chi connectivity index (χ2n) is 4.97. The molecule has 0 spiro atoms. The molecule has 2 N–H and O–H groups in total. The number of nitro groups is 1. The molecule has 0 saturated heterocycles. The van der Waals surface area contributed by atoms with E-state index < -0.39 is 10.8 Å². The fourth-order valence-corrected chi connectivity index (χ4v) is 2.09. The van der Waals surface area contributed by atoms with Gasteiger partial charge >= 0.3 is 0 Å². The summed E-state index contributed by atoms with van der Waals surface area (Å²) in [5.74, 6) is -0.189. The highest BCUT2D eigenvalue weighted by Gasteiger charge is 2.17. The number of hydrogen-bond acceptors (Lipinski definition) is 6. The SMILES string of the molecule is CCOc1ccccc1N/C=C(/C#N)C(=O)Nc1ccccc1[N+](=O)[O-]. The number of amides is 1. The van der Waals surface area contributed by atoms with Crippen molar-refractivity contribution in [1.82, 2.24) is 0 Å². The molecular formula is C18H16N4O4.